The normalized spacial score (nSPS) is 10.0. The van der Waals surface area contributed by atoms with Crippen LogP contribution in [0.15, 0.2) is 36.4 Å². The van der Waals surface area contributed by atoms with E-state index in [1.807, 2.05) is 31.2 Å². The molecule has 0 amide bonds. The number of hydrogen-bond acceptors (Lipinski definition) is 1. The first-order valence-corrected chi connectivity index (χ1v) is 5.83. The molecule has 0 bridgehead atoms. The predicted molar refractivity (Wildman–Crippen MR) is 71.4 cm³/mol. The molecule has 0 radical (unpaired) electrons. The minimum Gasteiger partial charge on any atom is -0.192 e. The SMILES string of the molecule is Cc1ccc(-c2ccc(Cl)cc2Cl)c(C#N)c1. The van der Waals surface area contributed by atoms with Crippen LogP contribution in [0.4, 0.5) is 0 Å². The zero-order valence-electron chi connectivity index (χ0n) is 9.17. The van der Waals surface area contributed by atoms with Gasteiger partial charge >= 0.3 is 0 Å². The van der Waals surface area contributed by atoms with E-state index in [9.17, 15) is 0 Å². The van der Waals surface area contributed by atoms with Crippen molar-refractivity contribution in [3.63, 3.8) is 0 Å². The molecule has 0 fully saturated rings. The Labute approximate surface area is 110 Å². The molecule has 0 spiro atoms. The van der Waals surface area contributed by atoms with Crippen LogP contribution >= 0.6 is 23.2 Å². The second-order valence-corrected chi connectivity index (χ2v) is 4.63. The van der Waals surface area contributed by atoms with Crippen molar-refractivity contribution in [1.29, 1.82) is 5.26 Å². The molecule has 0 saturated heterocycles. The van der Waals surface area contributed by atoms with E-state index in [4.69, 9.17) is 28.5 Å². The standard InChI is InChI=1S/C14H9Cl2N/c1-9-2-4-12(10(6-9)8-17)13-5-3-11(15)7-14(13)16/h2-7H,1H3. The second-order valence-electron chi connectivity index (χ2n) is 3.79. The molecule has 0 N–H and O–H groups in total. The fourth-order valence-corrected chi connectivity index (χ4v) is 2.20. The molecular formula is C14H9Cl2N. The lowest BCUT2D eigenvalue weighted by Gasteiger charge is -2.07. The van der Waals surface area contributed by atoms with Gasteiger partial charge in [-0.15, -0.1) is 0 Å². The van der Waals surface area contributed by atoms with Gasteiger partial charge in [-0.25, -0.2) is 0 Å². The molecule has 17 heavy (non-hydrogen) atoms. The van der Waals surface area contributed by atoms with Crippen molar-refractivity contribution in [1.82, 2.24) is 0 Å². The first kappa shape index (κ1) is 12.0. The van der Waals surface area contributed by atoms with Crippen LogP contribution in [0.2, 0.25) is 10.0 Å². The molecule has 2 aromatic carbocycles. The lowest BCUT2D eigenvalue weighted by Crippen LogP contribution is -1.87. The molecule has 3 heteroatoms. The number of benzene rings is 2. The molecule has 0 atom stereocenters. The molecule has 0 aliphatic heterocycles. The van der Waals surface area contributed by atoms with Gasteiger partial charge in [0.05, 0.1) is 11.6 Å². The summed E-state index contributed by atoms with van der Waals surface area (Å²) in [7, 11) is 0. The van der Waals surface area contributed by atoms with Crippen molar-refractivity contribution in [2.45, 2.75) is 6.92 Å². The first-order chi connectivity index (χ1) is 8.11. The molecule has 84 valence electrons. The summed E-state index contributed by atoms with van der Waals surface area (Å²) in [5, 5.41) is 10.3. The Morgan fingerprint density at radius 3 is 2.35 bits per heavy atom. The number of halogens is 2. The first-order valence-electron chi connectivity index (χ1n) is 5.08. The quantitative estimate of drug-likeness (QED) is 0.721. The Bertz CT molecular complexity index is 612. The van der Waals surface area contributed by atoms with E-state index >= 15 is 0 Å². The Kier molecular flexibility index (Phi) is 3.38. The lowest BCUT2D eigenvalue weighted by molar-refractivity contribution is 1.42. The van der Waals surface area contributed by atoms with E-state index < -0.39 is 0 Å². The summed E-state index contributed by atoms with van der Waals surface area (Å²) < 4.78 is 0. The van der Waals surface area contributed by atoms with Crippen LogP contribution in [0.1, 0.15) is 11.1 Å². The zero-order chi connectivity index (χ0) is 12.4. The fourth-order valence-electron chi connectivity index (χ4n) is 1.69. The summed E-state index contributed by atoms with van der Waals surface area (Å²) in [5.74, 6) is 0. The van der Waals surface area contributed by atoms with Gasteiger partial charge in [0, 0.05) is 21.2 Å². The van der Waals surface area contributed by atoms with Gasteiger partial charge in [0.15, 0.2) is 0 Å². The van der Waals surface area contributed by atoms with E-state index in [2.05, 4.69) is 6.07 Å². The van der Waals surface area contributed by atoms with E-state index in [1.165, 1.54) is 0 Å². The maximum atomic E-state index is 9.13. The van der Waals surface area contributed by atoms with E-state index in [0.29, 0.717) is 15.6 Å². The molecule has 1 nitrogen and oxygen atoms in total. The van der Waals surface area contributed by atoms with Gasteiger partial charge in [0.1, 0.15) is 0 Å². The number of hydrogen-bond donors (Lipinski definition) is 0. The third-order valence-corrected chi connectivity index (χ3v) is 3.06. The monoisotopic (exact) mass is 261 g/mol. The van der Waals surface area contributed by atoms with E-state index in [-0.39, 0.29) is 0 Å². The van der Waals surface area contributed by atoms with Crippen LogP contribution in [0, 0.1) is 18.3 Å². The number of nitrogens with zero attached hydrogens (tertiary/aromatic N) is 1. The molecule has 0 aromatic heterocycles. The Morgan fingerprint density at radius 1 is 1.00 bits per heavy atom. The van der Waals surface area contributed by atoms with Gasteiger partial charge in [-0.05, 0) is 30.7 Å². The average Bonchev–Trinajstić information content (AvgIpc) is 2.30. The van der Waals surface area contributed by atoms with Crippen molar-refractivity contribution in [3.8, 4) is 17.2 Å². The fraction of sp³-hybridized carbons (Fsp3) is 0.0714. The van der Waals surface area contributed by atoms with Crippen LogP contribution in [-0.4, -0.2) is 0 Å². The summed E-state index contributed by atoms with van der Waals surface area (Å²) >= 11 is 12.0. The largest absolute Gasteiger partial charge is 0.192 e. The smallest absolute Gasteiger partial charge is 0.0998 e. The van der Waals surface area contributed by atoms with Crippen LogP contribution < -0.4 is 0 Å². The lowest BCUT2D eigenvalue weighted by atomic mass is 9.98. The summed E-state index contributed by atoms with van der Waals surface area (Å²) in [5.41, 5.74) is 3.33. The van der Waals surface area contributed by atoms with Crippen LogP contribution in [0.5, 0.6) is 0 Å². The van der Waals surface area contributed by atoms with Gasteiger partial charge < -0.3 is 0 Å². The third kappa shape index (κ3) is 2.44. The van der Waals surface area contributed by atoms with Crippen LogP contribution in [0.3, 0.4) is 0 Å². The van der Waals surface area contributed by atoms with Crippen molar-refractivity contribution >= 4 is 23.2 Å². The van der Waals surface area contributed by atoms with Gasteiger partial charge in [-0.3, -0.25) is 0 Å². The maximum Gasteiger partial charge on any atom is 0.0998 e. The highest BCUT2D eigenvalue weighted by Crippen LogP contribution is 2.32. The molecule has 0 aliphatic carbocycles. The van der Waals surface area contributed by atoms with Crippen molar-refractivity contribution in [3.05, 3.63) is 57.6 Å². The Morgan fingerprint density at radius 2 is 1.71 bits per heavy atom. The predicted octanol–water partition coefficient (Wildman–Crippen LogP) is 4.84. The van der Waals surface area contributed by atoms with Gasteiger partial charge in [0.2, 0.25) is 0 Å². The molecule has 2 aromatic rings. The highest BCUT2D eigenvalue weighted by Gasteiger charge is 2.09. The van der Waals surface area contributed by atoms with Crippen molar-refractivity contribution in [2.24, 2.45) is 0 Å². The number of nitriles is 1. The number of aryl methyl sites for hydroxylation is 1. The van der Waals surface area contributed by atoms with Crippen LogP contribution in [0.25, 0.3) is 11.1 Å². The van der Waals surface area contributed by atoms with Crippen molar-refractivity contribution < 1.29 is 0 Å². The second kappa shape index (κ2) is 4.79. The Hall–Kier alpha value is -1.49. The van der Waals surface area contributed by atoms with Gasteiger partial charge in [-0.1, -0.05) is 41.4 Å². The van der Waals surface area contributed by atoms with Crippen molar-refractivity contribution in [2.75, 3.05) is 0 Å². The average molecular weight is 262 g/mol. The third-order valence-electron chi connectivity index (χ3n) is 2.52. The maximum absolute atomic E-state index is 9.13. The highest BCUT2D eigenvalue weighted by atomic mass is 35.5. The zero-order valence-corrected chi connectivity index (χ0v) is 10.7. The molecule has 0 unspecified atom stereocenters. The minimum atomic E-state index is 0.554. The molecule has 0 saturated carbocycles. The molecule has 2 rings (SSSR count). The minimum absolute atomic E-state index is 0.554. The Balaban J connectivity index is 2.65. The van der Waals surface area contributed by atoms with Gasteiger partial charge in [0.25, 0.3) is 0 Å². The van der Waals surface area contributed by atoms with E-state index in [0.717, 1.165) is 16.7 Å². The van der Waals surface area contributed by atoms with Gasteiger partial charge in [-0.2, -0.15) is 5.26 Å². The molecule has 0 aliphatic rings. The summed E-state index contributed by atoms with van der Waals surface area (Å²) in [6, 6.07) is 13.2. The summed E-state index contributed by atoms with van der Waals surface area (Å²) in [4.78, 5) is 0. The summed E-state index contributed by atoms with van der Waals surface area (Å²) in [6.45, 7) is 1.95. The molecule has 0 heterocycles. The number of rotatable bonds is 1. The highest BCUT2D eigenvalue weighted by molar-refractivity contribution is 6.36. The van der Waals surface area contributed by atoms with E-state index in [1.54, 1.807) is 12.1 Å². The van der Waals surface area contributed by atoms with Crippen LogP contribution in [-0.2, 0) is 0 Å². The summed E-state index contributed by atoms with van der Waals surface area (Å²) in [6.07, 6.45) is 0. The topological polar surface area (TPSA) is 23.8 Å². The molecular weight excluding hydrogens is 253 g/mol.